The molecule has 2 heteroatoms. The Morgan fingerprint density at radius 2 is 2.00 bits per heavy atom. The van der Waals surface area contributed by atoms with E-state index in [9.17, 15) is 0 Å². The molecule has 2 N–H and O–H groups in total. The van der Waals surface area contributed by atoms with Gasteiger partial charge in [-0.1, -0.05) is 20.3 Å². The van der Waals surface area contributed by atoms with Gasteiger partial charge in [-0.25, -0.2) is 0 Å². The largest absolute Gasteiger partial charge is 0.258 e. The maximum atomic E-state index is 3.18. The van der Waals surface area contributed by atoms with Crippen LogP contribution in [0.25, 0.3) is 0 Å². The molecule has 56 valence electrons. The molecule has 0 radical (unpaired) electrons. The van der Waals surface area contributed by atoms with Crippen molar-refractivity contribution in [2.75, 3.05) is 6.54 Å². The summed E-state index contributed by atoms with van der Waals surface area (Å²) < 4.78 is 0. The zero-order chi connectivity index (χ0) is 7.11. The average Bonchev–Trinajstić information content (AvgIpc) is 1.85. The van der Waals surface area contributed by atoms with Crippen molar-refractivity contribution in [1.82, 2.24) is 10.9 Å². The molecule has 2 nitrogen and oxygen atoms in total. The van der Waals surface area contributed by atoms with Crippen molar-refractivity contribution >= 4 is 0 Å². The van der Waals surface area contributed by atoms with Gasteiger partial charge in [0, 0.05) is 12.6 Å². The second kappa shape index (κ2) is 6.05. The van der Waals surface area contributed by atoms with Crippen LogP contribution in [0.2, 0.25) is 0 Å². The molecular weight excluding hydrogens is 112 g/mol. The third kappa shape index (κ3) is 5.80. The van der Waals surface area contributed by atoms with Crippen LogP contribution >= 0.6 is 0 Å². The number of rotatable bonds is 5. The lowest BCUT2D eigenvalue weighted by Crippen LogP contribution is -2.38. The molecule has 9 heavy (non-hydrogen) atoms. The van der Waals surface area contributed by atoms with Crippen LogP contribution in [0.1, 0.15) is 33.6 Å². The Hall–Kier alpha value is -0.0800. The fraction of sp³-hybridized carbons (Fsp3) is 1.00. The van der Waals surface area contributed by atoms with E-state index in [0.29, 0.717) is 6.04 Å². The lowest BCUT2D eigenvalue weighted by Gasteiger charge is -2.11. The Labute approximate surface area is 58.0 Å². The molecule has 1 atom stereocenters. The van der Waals surface area contributed by atoms with Gasteiger partial charge >= 0.3 is 0 Å². The standard InChI is InChI=1S/C7H18N2/c1-4-6-7(3)9-8-5-2/h7-9H,4-6H2,1-3H3. The highest BCUT2D eigenvalue weighted by Crippen LogP contribution is 1.91. The summed E-state index contributed by atoms with van der Waals surface area (Å²) in [4.78, 5) is 0. The summed E-state index contributed by atoms with van der Waals surface area (Å²) in [6.07, 6.45) is 2.49. The first-order valence-corrected chi connectivity index (χ1v) is 3.79. The Morgan fingerprint density at radius 3 is 2.44 bits per heavy atom. The topological polar surface area (TPSA) is 24.1 Å². The molecule has 0 aromatic rings. The van der Waals surface area contributed by atoms with Crippen LogP contribution in [0, 0.1) is 0 Å². The van der Waals surface area contributed by atoms with Crippen molar-refractivity contribution in [3.63, 3.8) is 0 Å². The van der Waals surface area contributed by atoms with Gasteiger partial charge in [0.05, 0.1) is 0 Å². The van der Waals surface area contributed by atoms with Gasteiger partial charge in [-0.05, 0) is 13.3 Å². The predicted octanol–water partition coefficient (Wildman–Crippen LogP) is 1.29. The van der Waals surface area contributed by atoms with Gasteiger partial charge in [-0.15, -0.1) is 0 Å². The van der Waals surface area contributed by atoms with Crippen LogP contribution in [0.5, 0.6) is 0 Å². The highest BCUT2D eigenvalue weighted by molar-refractivity contribution is 4.53. The molecule has 0 heterocycles. The van der Waals surface area contributed by atoms with Crippen molar-refractivity contribution in [1.29, 1.82) is 0 Å². The fourth-order valence-electron chi connectivity index (χ4n) is 0.781. The molecule has 0 saturated heterocycles. The van der Waals surface area contributed by atoms with Crippen LogP contribution in [0.4, 0.5) is 0 Å². The molecule has 0 saturated carbocycles. The van der Waals surface area contributed by atoms with Gasteiger partial charge in [0.2, 0.25) is 0 Å². The Bertz CT molecular complexity index is 54.9. The quantitative estimate of drug-likeness (QED) is 0.548. The highest BCUT2D eigenvalue weighted by Gasteiger charge is 1.94. The Morgan fingerprint density at radius 1 is 1.33 bits per heavy atom. The molecule has 0 aliphatic heterocycles. The van der Waals surface area contributed by atoms with E-state index in [1.54, 1.807) is 0 Å². The van der Waals surface area contributed by atoms with Gasteiger partial charge < -0.3 is 0 Å². The van der Waals surface area contributed by atoms with Crippen LogP contribution in [-0.4, -0.2) is 12.6 Å². The number of hydrogen-bond acceptors (Lipinski definition) is 2. The Kier molecular flexibility index (Phi) is 5.99. The van der Waals surface area contributed by atoms with E-state index < -0.39 is 0 Å². The molecule has 0 spiro atoms. The smallest absolute Gasteiger partial charge is 0.0184 e. The SMILES string of the molecule is CCCC(C)NNCC. The van der Waals surface area contributed by atoms with Gasteiger partial charge in [0.15, 0.2) is 0 Å². The zero-order valence-corrected chi connectivity index (χ0v) is 6.70. The van der Waals surface area contributed by atoms with Gasteiger partial charge in [0.1, 0.15) is 0 Å². The summed E-state index contributed by atoms with van der Waals surface area (Å²) in [5.74, 6) is 0. The molecule has 0 aliphatic carbocycles. The molecule has 0 rings (SSSR count). The minimum absolute atomic E-state index is 0.606. The summed E-state index contributed by atoms with van der Waals surface area (Å²) >= 11 is 0. The van der Waals surface area contributed by atoms with Crippen LogP contribution in [0.15, 0.2) is 0 Å². The highest BCUT2D eigenvalue weighted by atomic mass is 15.4. The van der Waals surface area contributed by atoms with Crippen LogP contribution < -0.4 is 10.9 Å². The maximum Gasteiger partial charge on any atom is 0.0184 e. The first-order chi connectivity index (χ1) is 4.31. The van der Waals surface area contributed by atoms with Crippen molar-refractivity contribution in [3.8, 4) is 0 Å². The van der Waals surface area contributed by atoms with Crippen molar-refractivity contribution in [3.05, 3.63) is 0 Å². The number of hydrogen-bond donors (Lipinski definition) is 2. The monoisotopic (exact) mass is 130 g/mol. The molecule has 0 bridgehead atoms. The van der Waals surface area contributed by atoms with Crippen molar-refractivity contribution < 1.29 is 0 Å². The normalized spacial score (nSPS) is 13.7. The summed E-state index contributed by atoms with van der Waals surface area (Å²) in [7, 11) is 0. The van der Waals surface area contributed by atoms with Gasteiger partial charge in [-0.3, -0.25) is 10.9 Å². The first-order valence-electron chi connectivity index (χ1n) is 3.79. The number of hydrazine groups is 1. The molecular formula is C7H18N2. The third-order valence-corrected chi connectivity index (χ3v) is 1.25. The second-order valence-corrected chi connectivity index (χ2v) is 2.36. The van der Waals surface area contributed by atoms with Crippen molar-refractivity contribution in [2.45, 2.75) is 39.7 Å². The van der Waals surface area contributed by atoms with E-state index >= 15 is 0 Å². The molecule has 0 amide bonds. The minimum Gasteiger partial charge on any atom is -0.258 e. The lowest BCUT2D eigenvalue weighted by atomic mass is 10.2. The molecule has 0 fully saturated rings. The van der Waals surface area contributed by atoms with E-state index in [1.807, 2.05) is 0 Å². The third-order valence-electron chi connectivity index (χ3n) is 1.25. The fourth-order valence-corrected chi connectivity index (χ4v) is 0.781. The molecule has 0 aromatic heterocycles. The van der Waals surface area contributed by atoms with E-state index in [2.05, 4.69) is 31.6 Å². The summed E-state index contributed by atoms with van der Waals surface area (Å²) in [5.41, 5.74) is 6.27. The first kappa shape index (κ1) is 8.92. The van der Waals surface area contributed by atoms with E-state index in [0.717, 1.165) is 6.54 Å². The maximum absolute atomic E-state index is 3.18. The zero-order valence-electron chi connectivity index (χ0n) is 6.70. The molecule has 1 unspecified atom stereocenters. The Balaban J connectivity index is 2.95. The average molecular weight is 130 g/mol. The summed E-state index contributed by atoms with van der Waals surface area (Å²) in [6.45, 7) is 7.47. The number of nitrogens with one attached hydrogen (secondary N) is 2. The lowest BCUT2D eigenvalue weighted by molar-refractivity contribution is 0.437. The van der Waals surface area contributed by atoms with E-state index in [1.165, 1.54) is 12.8 Å². The molecule has 0 aliphatic rings. The second-order valence-electron chi connectivity index (χ2n) is 2.36. The van der Waals surface area contributed by atoms with Crippen LogP contribution in [0.3, 0.4) is 0 Å². The summed E-state index contributed by atoms with van der Waals surface area (Å²) in [6, 6.07) is 0.606. The van der Waals surface area contributed by atoms with Gasteiger partial charge in [-0.2, -0.15) is 0 Å². The minimum atomic E-state index is 0.606. The van der Waals surface area contributed by atoms with Crippen LogP contribution in [-0.2, 0) is 0 Å². The van der Waals surface area contributed by atoms with E-state index in [-0.39, 0.29) is 0 Å². The molecule has 0 aromatic carbocycles. The van der Waals surface area contributed by atoms with E-state index in [4.69, 9.17) is 0 Å². The predicted molar refractivity (Wildman–Crippen MR) is 41.2 cm³/mol. The van der Waals surface area contributed by atoms with Crippen molar-refractivity contribution in [2.24, 2.45) is 0 Å². The van der Waals surface area contributed by atoms with Gasteiger partial charge in [0.25, 0.3) is 0 Å². The summed E-state index contributed by atoms with van der Waals surface area (Å²) in [5, 5.41) is 0.